The predicted octanol–water partition coefficient (Wildman–Crippen LogP) is -12.8. The summed E-state index contributed by atoms with van der Waals surface area (Å²) in [5.74, 6) is -10.4. The van der Waals surface area contributed by atoms with Crippen LogP contribution < -0.4 is 37.0 Å². The monoisotopic (exact) mass is 1890 g/mol. The fourth-order valence-electron chi connectivity index (χ4n) is 15.8. The molecule has 0 saturated carbocycles. The summed E-state index contributed by atoms with van der Waals surface area (Å²) >= 11 is 3.06. The number of fused-ring (bicyclic) bond motifs is 2. The average Bonchev–Trinajstić information content (AvgIpc) is 0.758. The normalized spacial score (nSPS) is 40.4. The van der Waals surface area contributed by atoms with Crippen molar-refractivity contribution in [2.75, 3.05) is 51.2 Å². The maximum Gasteiger partial charge on any atom is 0.335 e. The van der Waals surface area contributed by atoms with Crippen LogP contribution in [0.4, 0.5) is 11.4 Å². The molecule has 726 valence electrons. The van der Waals surface area contributed by atoms with Gasteiger partial charge < -0.3 is 200 Å². The third-order valence-corrected chi connectivity index (χ3v) is 24.2. The maximum atomic E-state index is 13.9. The van der Waals surface area contributed by atoms with E-state index in [1.54, 1.807) is 11.8 Å². The van der Waals surface area contributed by atoms with Crippen LogP contribution in [0.2, 0.25) is 0 Å². The highest BCUT2D eigenvalue weighted by Gasteiger charge is 2.61. The minimum Gasteiger partial charge on any atom is -0.479 e. The Bertz CT molecular complexity index is 4150. The molecule has 0 spiro atoms. The van der Waals surface area contributed by atoms with Crippen LogP contribution in [0.25, 0.3) is 0 Å². The molecule has 16 unspecified atom stereocenters. The number of carboxylic acids is 3. The maximum absolute atomic E-state index is 13.9. The number of amides is 6. The summed E-state index contributed by atoms with van der Waals surface area (Å²) in [6.45, 7) is 2.16. The number of methoxy groups -OCH3 is 1. The second kappa shape index (κ2) is 45.8. The molecule has 2 aromatic rings. The van der Waals surface area contributed by atoms with E-state index < -0.39 is 319 Å². The molecule has 11 rings (SSSR count). The number of carbonyl (C=O) groups is 9. The van der Waals surface area contributed by atoms with Gasteiger partial charge in [0.2, 0.25) is 29.5 Å². The van der Waals surface area contributed by atoms with Crippen LogP contribution in [0.5, 0.6) is 0 Å². The molecule has 9 aliphatic rings. The number of rotatable bonds is 31. The van der Waals surface area contributed by atoms with Gasteiger partial charge in [-0.15, -0.1) is 11.8 Å². The van der Waals surface area contributed by atoms with E-state index >= 15 is 0 Å². The van der Waals surface area contributed by atoms with Crippen molar-refractivity contribution in [3.8, 4) is 0 Å². The Hall–Kier alpha value is -6.99. The number of hydrogen-bond acceptors (Lipinski definition) is 45. The van der Waals surface area contributed by atoms with E-state index in [0.717, 1.165) is 55.2 Å². The van der Waals surface area contributed by atoms with Gasteiger partial charge in [0.25, 0.3) is 5.91 Å². The molecule has 40 atom stereocenters. The summed E-state index contributed by atoms with van der Waals surface area (Å²) in [7, 11) is 1.11. The Morgan fingerprint density at radius 3 is 1.23 bits per heavy atom. The summed E-state index contributed by atoms with van der Waals surface area (Å²) in [6, 6.07) is 6.89. The van der Waals surface area contributed by atoms with Crippen LogP contribution >= 0.6 is 23.5 Å². The summed E-state index contributed by atoms with van der Waals surface area (Å²) in [4.78, 5) is 117. The number of hydrogen-bond donors (Lipinski definition) is 27. The van der Waals surface area contributed by atoms with Crippen molar-refractivity contribution in [1.82, 2.24) is 32.1 Å². The van der Waals surface area contributed by atoms with Gasteiger partial charge in [0.1, 0.15) is 152 Å². The Morgan fingerprint density at radius 2 is 0.791 bits per heavy atom. The molecule has 0 bridgehead atoms. The molecule has 2 aromatic carbocycles. The quantitative estimate of drug-likeness (QED) is 0.0189. The standard InChI is InChI=1S/C52H71N5O29S2.C23H38N2O16/c1-17(60)54-27-29(63)39(81-52-37(71)34(68)41(44(86-52)47(75)76)83-49-28(55-18(2)61)30(64)38(22(15-58)79-49)80-51-35(69)31(65)32(66)42(84-51)46(73)74)23(16-59)78-48(27)82-40-33(67)36(70)50(77-3)85-43(40)45(72)56-53-13-7-10-26(62)57-20-8-5-6-9-24(20)88-25-12-11-19(87-4)14-21(25)57;1-6-9(4-26)38-22(12(13(6)30)25-8(3)29)40-18-15(32)16(33)23(41-19(18)20(34)35)39-17-10(5-27)37-21(36)11(14(17)31)24-7(2)28/h5-6,8-9,11-12,14,22-23,27-44,48-53,58-59,63-71H,7,10,13,15-16H2,1-4H3,(H,54,60)(H,55,61)(H,56,72)(H,73,74)(H,75,76);6,9-19,21-23,26-27,30-33,36H,4-5H2,1-3H3,(H,24,28)(H,25,29)(H,34,35)/t22?,23?,27?,28?,29-,30-,31+,32-,33-,34-,35?,36?,37?,38-,39-,40-,41-,42?,43?,44?,48-,49-,50+,51+,52+;6-,9?,10?,11?,12?,13+,14-,15-,16?,17-,18-,19?,21+,22-,23+/m00/s1. The lowest BCUT2D eigenvalue weighted by Gasteiger charge is -2.50. The van der Waals surface area contributed by atoms with Crippen LogP contribution in [0.1, 0.15) is 47.5 Å². The van der Waals surface area contributed by atoms with Gasteiger partial charge in [0.05, 0.1) is 50.0 Å². The smallest absolute Gasteiger partial charge is 0.335 e. The van der Waals surface area contributed by atoms with Crippen molar-refractivity contribution in [1.29, 1.82) is 0 Å². The van der Waals surface area contributed by atoms with E-state index in [-0.39, 0.29) is 25.3 Å². The van der Waals surface area contributed by atoms with E-state index in [9.17, 15) is 150 Å². The van der Waals surface area contributed by atoms with Gasteiger partial charge in [-0.3, -0.25) is 39.1 Å². The van der Waals surface area contributed by atoms with E-state index in [2.05, 4.69) is 32.1 Å². The number of nitrogens with zero attached hydrogens (tertiary/aromatic N) is 1. The molecule has 129 heavy (non-hydrogen) atoms. The van der Waals surface area contributed by atoms with Crippen LogP contribution in [-0.4, -0.2) is 446 Å². The van der Waals surface area contributed by atoms with Gasteiger partial charge in [0.15, 0.2) is 74.7 Å². The molecule has 0 radical (unpaired) electrons. The molecule has 54 heteroatoms. The zero-order chi connectivity index (χ0) is 94.9. The highest BCUT2D eigenvalue weighted by molar-refractivity contribution is 8.00. The zero-order valence-corrected chi connectivity index (χ0v) is 71.2. The van der Waals surface area contributed by atoms with Crippen molar-refractivity contribution >= 4 is 88.2 Å². The van der Waals surface area contributed by atoms with Gasteiger partial charge in [-0.05, 0) is 43.0 Å². The van der Waals surface area contributed by atoms with Crippen molar-refractivity contribution in [2.45, 2.75) is 301 Å². The zero-order valence-electron chi connectivity index (χ0n) is 69.5. The van der Waals surface area contributed by atoms with E-state index in [4.69, 9.17) is 71.1 Å². The number of para-hydroxylation sites is 1. The molecule has 9 heterocycles. The SMILES string of the molecule is CC(=O)NC1[C@H](O[C@@H]2C(C(=O)O)O[C@@H](O[C@H]3C(CO)O[C@@H](O)C(NC(C)=O)[C@@H]3O)C(O)[C@@H]2O)OC(CO)[C@H](C)[C@H]1O.CO[C@@H]1OC(C(=O)NNCCCC(=O)N2c3ccccc3Sc3ccc(SC)cc32)[C@@H](O[C@@H]2OC(CO)[C@H](O[C@@H]3OC(C(=O)O)[C@@H](O[C@@H]4OC(CO)[C@H](O[C@@H]5OC(C(=O)O)[C@@H](O)[C@@H](O)C5O)[C@@H](O)C4NC(C)=O)[C@@H](O)C3O)[C@@H](O)C2NC(C)=O)[C@@H](O)C1O. The number of carboxylic acid groups (broad SMARTS) is 3. The lowest BCUT2D eigenvalue weighted by molar-refractivity contribution is -0.375. The van der Waals surface area contributed by atoms with E-state index in [1.807, 2.05) is 48.7 Å². The molecule has 8 saturated heterocycles. The minimum absolute atomic E-state index is 0.0141. The molecule has 8 fully saturated rings. The average molecular weight is 1890 g/mol. The Morgan fingerprint density at radius 1 is 0.411 bits per heavy atom. The van der Waals surface area contributed by atoms with E-state index in [1.165, 1.54) is 23.5 Å². The first-order valence-electron chi connectivity index (χ1n) is 40.3. The molecule has 0 aliphatic carbocycles. The van der Waals surface area contributed by atoms with Crippen LogP contribution in [-0.2, 0) is 114 Å². The predicted molar refractivity (Wildman–Crippen MR) is 418 cm³/mol. The topological polar surface area (TPSA) is 792 Å². The molecular formula is C75H109N7O45S2. The second-order valence-corrected chi connectivity index (χ2v) is 33.2. The minimum atomic E-state index is -2.41. The summed E-state index contributed by atoms with van der Waals surface area (Å²) in [5.41, 5.74) is 6.55. The summed E-state index contributed by atoms with van der Waals surface area (Å²) < 4.78 is 83.9. The van der Waals surface area contributed by atoms with Gasteiger partial charge in [-0.1, -0.05) is 30.8 Å². The number of thioether (sulfide) groups is 1. The number of ether oxygens (including phenoxy) is 15. The number of benzene rings is 2. The molecule has 6 amide bonds. The first-order valence-corrected chi connectivity index (χ1v) is 42.3. The van der Waals surface area contributed by atoms with Crippen LogP contribution in [0.3, 0.4) is 0 Å². The molecule has 0 aromatic heterocycles. The number of nitrogens with one attached hydrogen (secondary N) is 6. The first kappa shape index (κ1) is 104. The van der Waals surface area contributed by atoms with Crippen molar-refractivity contribution in [3.63, 3.8) is 0 Å². The highest BCUT2D eigenvalue weighted by Crippen LogP contribution is 2.50. The molecule has 9 aliphatic heterocycles. The summed E-state index contributed by atoms with van der Waals surface area (Å²) in [6.07, 6.45) is -66.2. The fraction of sp³-hybridized carbons (Fsp3) is 0.720. The van der Waals surface area contributed by atoms with Crippen molar-refractivity contribution in [2.24, 2.45) is 5.92 Å². The lowest BCUT2D eigenvalue weighted by Crippen LogP contribution is -2.71. The van der Waals surface area contributed by atoms with E-state index in [0.29, 0.717) is 5.69 Å². The number of hydrazine groups is 1. The second-order valence-electron chi connectivity index (χ2n) is 31.3. The first-order chi connectivity index (χ1) is 61.0. The van der Waals surface area contributed by atoms with Gasteiger partial charge in [0, 0.05) is 68.4 Å². The Balaban J connectivity index is 0.000000352. The number of aliphatic carboxylic acids is 3. The third-order valence-electron chi connectivity index (χ3n) is 22.4. The fourth-order valence-corrected chi connectivity index (χ4v) is 17.3. The summed E-state index contributed by atoms with van der Waals surface area (Å²) in [5, 5.41) is 233. The van der Waals surface area contributed by atoms with Crippen LogP contribution in [0, 0.1) is 5.92 Å². The Kier molecular flexibility index (Phi) is 37.0. The van der Waals surface area contributed by atoms with Gasteiger partial charge >= 0.3 is 17.9 Å². The number of aliphatic hydroxyl groups is 18. The van der Waals surface area contributed by atoms with Crippen LogP contribution in [0.15, 0.2) is 57.2 Å². The highest BCUT2D eigenvalue weighted by atomic mass is 32.2. The largest absolute Gasteiger partial charge is 0.479 e. The Labute approximate surface area is 740 Å². The molecular weight excluding hydrogens is 1780 g/mol. The third kappa shape index (κ3) is 23.7. The number of aliphatic hydroxyl groups excluding tert-OH is 18. The van der Waals surface area contributed by atoms with Gasteiger partial charge in [-0.2, -0.15) is 0 Å². The molecule has 52 nitrogen and oxygen atoms in total. The lowest BCUT2D eigenvalue weighted by atomic mass is 9.89. The molecule has 27 N–H and O–H groups in total. The number of carbonyl (C=O) groups excluding carboxylic acids is 6. The van der Waals surface area contributed by atoms with Crippen molar-refractivity contribution < 1.29 is 221 Å². The van der Waals surface area contributed by atoms with Gasteiger partial charge in [-0.25, -0.2) is 19.8 Å². The number of anilines is 2. The van der Waals surface area contributed by atoms with Crippen molar-refractivity contribution in [3.05, 3.63) is 42.5 Å².